The molecule has 0 bridgehead atoms. The van der Waals surface area contributed by atoms with E-state index in [1.807, 2.05) is 42.5 Å². The number of nitrogens with zero attached hydrogens (tertiary/aromatic N) is 1. The number of fused-ring (bicyclic) bond motifs is 1. The largest absolute Gasteiger partial charge is 0.497 e. The highest BCUT2D eigenvalue weighted by Gasteiger charge is 2.15. The fraction of sp³-hybridized carbons (Fsp3) is 0.167. The van der Waals surface area contributed by atoms with Gasteiger partial charge in [0.05, 0.1) is 17.5 Å². The summed E-state index contributed by atoms with van der Waals surface area (Å²) in [4.78, 5) is 4.84. The summed E-state index contributed by atoms with van der Waals surface area (Å²) in [6.07, 6.45) is 0.649. The van der Waals surface area contributed by atoms with Gasteiger partial charge >= 0.3 is 0 Å². The molecule has 0 atom stereocenters. The molecule has 1 aromatic heterocycles. The molecule has 0 saturated heterocycles. The number of hydrogen-bond acceptors (Lipinski definition) is 4. The Morgan fingerprint density at radius 2 is 1.88 bits per heavy atom. The standard InChI is InChI=1S/C18H18N2O3S/c1-19-24(21,22)18-8-4-7-17-16(18)10-9-14(20-17)11-13-5-3-6-15(12-13)23-2/h3-10,12,19H,11H2,1-2H3. The van der Waals surface area contributed by atoms with Gasteiger partial charge in [0.2, 0.25) is 10.0 Å². The number of nitrogens with one attached hydrogen (secondary N) is 1. The highest BCUT2D eigenvalue weighted by Crippen LogP contribution is 2.23. The second-order valence-electron chi connectivity index (χ2n) is 5.36. The monoisotopic (exact) mass is 342 g/mol. The molecule has 5 nitrogen and oxygen atoms in total. The third-order valence-electron chi connectivity index (χ3n) is 3.83. The third-order valence-corrected chi connectivity index (χ3v) is 5.30. The van der Waals surface area contributed by atoms with E-state index in [0.717, 1.165) is 17.0 Å². The lowest BCUT2D eigenvalue weighted by atomic mass is 10.1. The van der Waals surface area contributed by atoms with Gasteiger partial charge in [-0.1, -0.05) is 18.2 Å². The molecule has 0 fully saturated rings. The zero-order valence-corrected chi connectivity index (χ0v) is 14.3. The number of pyridine rings is 1. The van der Waals surface area contributed by atoms with Crippen molar-refractivity contribution in [3.8, 4) is 5.75 Å². The van der Waals surface area contributed by atoms with E-state index >= 15 is 0 Å². The molecule has 0 spiro atoms. The molecule has 1 N–H and O–H groups in total. The predicted molar refractivity (Wildman–Crippen MR) is 93.8 cm³/mol. The third kappa shape index (κ3) is 3.25. The maximum atomic E-state index is 12.1. The van der Waals surface area contributed by atoms with E-state index in [1.54, 1.807) is 19.2 Å². The number of ether oxygens (including phenoxy) is 1. The molecule has 3 aromatic rings. The Labute approximate surface area is 141 Å². The lowest BCUT2D eigenvalue weighted by Gasteiger charge is -2.09. The summed E-state index contributed by atoms with van der Waals surface area (Å²) < 4.78 is 31.8. The van der Waals surface area contributed by atoms with Crippen molar-refractivity contribution in [1.29, 1.82) is 0 Å². The minimum Gasteiger partial charge on any atom is -0.497 e. The van der Waals surface area contributed by atoms with Crippen molar-refractivity contribution < 1.29 is 13.2 Å². The maximum Gasteiger partial charge on any atom is 0.240 e. The molecular formula is C18H18N2O3S. The molecular weight excluding hydrogens is 324 g/mol. The fourth-order valence-electron chi connectivity index (χ4n) is 2.60. The van der Waals surface area contributed by atoms with Crippen molar-refractivity contribution in [3.05, 3.63) is 65.9 Å². The van der Waals surface area contributed by atoms with E-state index in [0.29, 0.717) is 17.3 Å². The molecule has 1 heterocycles. The quantitative estimate of drug-likeness (QED) is 0.774. The second-order valence-corrected chi connectivity index (χ2v) is 7.22. The summed E-state index contributed by atoms with van der Waals surface area (Å²) >= 11 is 0. The van der Waals surface area contributed by atoms with Crippen molar-refractivity contribution in [2.75, 3.05) is 14.2 Å². The zero-order valence-electron chi connectivity index (χ0n) is 13.5. The molecule has 24 heavy (non-hydrogen) atoms. The molecule has 124 valence electrons. The van der Waals surface area contributed by atoms with Crippen LogP contribution in [0.1, 0.15) is 11.3 Å². The molecule has 2 aromatic carbocycles. The molecule has 0 aliphatic rings. The second kappa shape index (κ2) is 6.59. The van der Waals surface area contributed by atoms with Gasteiger partial charge in [0.25, 0.3) is 0 Å². The Morgan fingerprint density at radius 3 is 2.62 bits per heavy atom. The minimum atomic E-state index is -3.51. The average molecular weight is 342 g/mol. The first-order valence-electron chi connectivity index (χ1n) is 7.48. The number of rotatable bonds is 5. The molecule has 6 heteroatoms. The smallest absolute Gasteiger partial charge is 0.240 e. The SMILES string of the molecule is CNS(=O)(=O)c1cccc2nc(Cc3cccc(OC)c3)ccc12. The van der Waals surface area contributed by atoms with Crippen LogP contribution in [0, 0.1) is 0 Å². The van der Waals surface area contributed by atoms with Crippen LogP contribution in [-0.4, -0.2) is 27.6 Å². The van der Waals surface area contributed by atoms with E-state index in [2.05, 4.69) is 9.71 Å². The van der Waals surface area contributed by atoms with Crippen molar-refractivity contribution in [2.24, 2.45) is 0 Å². The van der Waals surface area contributed by atoms with Crippen molar-refractivity contribution in [1.82, 2.24) is 9.71 Å². The summed E-state index contributed by atoms with van der Waals surface area (Å²) in [5, 5.41) is 0.612. The molecule has 0 unspecified atom stereocenters. The van der Waals surface area contributed by atoms with Crippen molar-refractivity contribution >= 4 is 20.9 Å². The first-order chi connectivity index (χ1) is 11.5. The molecule has 0 saturated carbocycles. The van der Waals surface area contributed by atoms with Gasteiger partial charge in [-0.05, 0) is 49.0 Å². The van der Waals surface area contributed by atoms with Gasteiger partial charge < -0.3 is 4.74 Å². The number of benzene rings is 2. The normalized spacial score (nSPS) is 11.6. The zero-order chi connectivity index (χ0) is 17.2. The lowest BCUT2D eigenvalue weighted by Crippen LogP contribution is -2.18. The summed E-state index contributed by atoms with van der Waals surface area (Å²) in [5.41, 5.74) is 2.61. The van der Waals surface area contributed by atoms with Gasteiger partial charge in [0.15, 0.2) is 0 Å². The topological polar surface area (TPSA) is 68.3 Å². The van der Waals surface area contributed by atoms with Crippen LogP contribution in [0.5, 0.6) is 5.75 Å². The van der Waals surface area contributed by atoms with Crippen LogP contribution in [0.25, 0.3) is 10.9 Å². The van der Waals surface area contributed by atoms with Gasteiger partial charge in [-0.2, -0.15) is 0 Å². The molecule has 0 amide bonds. The van der Waals surface area contributed by atoms with Gasteiger partial charge in [0.1, 0.15) is 5.75 Å². The Bertz CT molecular complexity index is 984. The Kier molecular flexibility index (Phi) is 4.51. The first kappa shape index (κ1) is 16.4. The molecule has 0 aliphatic carbocycles. The maximum absolute atomic E-state index is 12.1. The first-order valence-corrected chi connectivity index (χ1v) is 8.97. The van der Waals surface area contributed by atoms with Crippen LogP contribution in [0.15, 0.2) is 59.5 Å². The van der Waals surface area contributed by atoms with Gasteiger partial charge in [-0.15, -0.1) is 0 Å². The van der Waals surface area contributed by atoms with E-state index in [4.69, 9.17) is 4.74 Å². The van der Waals surface area contributed by atoms with Gasteiger partial charge in [0, 0.05) is 17.5 Å². The van der Waals surface area contributed by atoms with Crippen LogP contribution in [0.2, 0.25) is 0 Å². The lowest BCUT2D eigenvalue weighted by molar-refractivity contribution is 0.414. The van der Waals surface area contributed by atoms with Crippen LogP contribution in [0.4, 0.5) is 0 Å². The van der Waals surface area contributed by atoms with Crippen LogP contribution < -0.4 is 9.46 Å². The molecule has 3 rings (SSSR count). The Balaban J connectivity index is 2.00. The number of methoxy groups -OCH3 is 1. The van der Waals surface area contributed by atoms with E-state index in [-0.39, 0.29) is 4.90 Å². The highest BCUT2D eigenvalue weighted by atomic mass is 32.2. The molecule has 0 radical (unpaired) electrons. The minimum absolute atomic E-state index is 0.239. The van der Waals surface area contributed by atoms with Gasteiger partial charge in [-0.25, -0.2) is 13.1 Å². The Hall–Kier alpha value is -2.44. The average Bonchev–Trinajstić information content (AvgIpc) is 2.61. The van der Waals surface area contributed by atoms with Crippen LogP contribution >= 0.6 is 0 Å². The van der Waals surface area contributed by atoms with E-state index < -0.39 is 10.0 Å². The molecule has 0 aliphatic heterocycles. The number of hydrogen-bond donors (Lipinski definition) is 1. The summed E-state index contributed by atoms with van der Waals surface area (Å²) in [5.74, 6) is 0.802. The highest BCUT2D eigenvalue weighted by molar-refractivity contribution is 7.89. The summed E-state index contributed by atoms with van der Waals surface area (Å²) in [6.45, 7) is 0. The van der Waals surface area contributed by atoms with Crippen LogP contribution in [-0.2, 0) is 16.4 Å². The summed E-state index contributed by atoms with van der Waals surface area (Å²) in [6, 6.07) is 16.6. The number of sulfonamides is 1. The van der Waals surface area contributed by atoms with E-state index in [1.165, 1.54) is 7.05 Å². The predicted octanol–water partition coefficient (Wildman–Crippen LogP) is 2.74. The fourth-order valence-corrected chi connectivity index (χ4v) is 3.54. The number of aromatic nitrogens is 1. The summed E-state index contributed by atoms with van der Waals surface area (Å²) in [7, 11) is -0.474. The van der Waals surface area contributed by atoms with Crippen LogP contribution in [0.3, 0.4) is 0 Å². The van der Waals surface area contributed by atoms with Gasteiger partial charge in [-0.3, -0.25) is 4.98 Å². The van der Waals surface area contributed by atoms with E-state index in [9.17, 15) is 8.42 Å². The van der Waals surface area contributed by atoms with Crippen molar-refractivity contribution in [3.63, 3.8) is 0 Å². The Morgan fingerprint density at radius 1 is 1.08 bits per heavy atom. The van der Waals surface area contributed by atoms with Crippen molar-refractivity contribution in [2.45, 2.75) is 11.3 Å².